The molecule has 0 saturated heterocycles. The third kappa shape index (κ3) is 34.6. The van der Waals surface area contributed by atoms with Crippen molar-refractivity contribution < 1.29 is 27.6 Å². The molecule has 0 N–H and O–H groups in total. The molecule has 11 heteroatoms. The number of para-hydroxylation sites is 2. The summed E-state index contributed by atoms with van der Waals surface area (Å²) in [7, 11) is 13.9. The van der Waals surface area contributed by atoms with E-state index in [-0.39, 0.29) is 0 Å². The Morgan fingerprint density at radius 1 is 0.312 bits per heavy atom. The summed E-state index contributed by atoms with van der Waals surface area (Å²) in [6.07, 6.45) is 26.5. The first kappa shape index (κ1) is 78.3. The maximum Gasteiger partial charge on any atom is 0.285 e. The summed E-state index contributed by atoms with van der Waals surface area (Å²) in [6, 6.07) is 49.4. The van der Waals surface area contributed by atoms with Gasteiger partial charge in [0.1, 0.15) is 32.9 Å². The molecule has 7 heterocycles. The first-order chi connectivity index (χ1) is 39.2. The van der Waals surface area contributed by atoms with Crippen LogP contribution in [0.5, 0.6) is 0 Å². The van der Waals surface area contributed by atoms with E-state index in [9.17, 15) is 0 Å². The Bertz CT molecular complexity index is 2740. The van der Waals surface area contributed by atoms with Gasteiger partial charge in [-0.05, 0) is 45.9 Å². The molecule has 11 rings (SSSR count). The molecule has 0 atom stereocenters. The van der Waals surface area contributed by atoms with Gasteiger partial charge in [-0.25, -0.2) is 18.3 Å². The van der Waals surface area contributed by atoms with Crippen molar-refractivity contribution in [2.45, 2.75) is 111 Å². The summed E-state index contributed by atoms with van der Waals surface area (Å²) in [5.74, 6) is 0. The number of hydrogen-bond donors (Lipinski definition) is 0. The second-order valence-electron chi connectivity index (χ2n) is 14.6. The third-order valence-electron chi connectivity index (χ3n) is 9.45. The molecule has 0 bridgehead atoms. The van der Waals surface area contributed by atoms with Crippen molar-refractivity contribution in [3.8, 4) is 0 Å². The van der Waals surface area contributed by atoms with Crippen LogP contribution in [-0.4, -0.2) is 24.7 Å². The number of pyridine rings is 2. The van der Waals surface area contributed by atoms with Crippen LogP contribution in [0.2, 0.25) is 0 Å². The normalized spacial score (nSPS) is 8.44. The van der Waals surface area contributed by atoms with Crippen LogP contribution in [0.1, 0.15) is 111 Å². The fourth-order valence-electron chi connectivity index (χ4n) is 6.15. The van der Waals surface area contributed by atoms with Crippen molar-refractivity contribution in [3.05, 3.63) is 232 Å². The van der Waals surface area contributed by atoms with E-state index >= 15 is 0 Å². The lowest BCUT2D eigenvalue weighted by molar-refractivity contribution is -0.730. The fraction of sp³-hybridized carbons (Fsp3) is 0.333. The highest BCUT2D eigenvalue weighted by molar-refractivity contribution is 6.07. The van der Waals surface area contributed by atoms with E-state index in [1.54, 1.807) is 35.8 Å². The van der Waals surface area contributed by atoms with E-state index < -0.39 is 0 Å². The number of fused-ring (bicyclic) bond motifs is 5. The minimum Gasteiger partial charge on any atom is -0.344 e. The molecule has 0 amide bonds. The van der Waals surface area contributed by atoms with Crippen molar-refractivity contribution >= 4 is 43.5 Å². The van der Waals surface area contributed by atoms with Crippen LogP contribution in [0.3, 0.4) is 0 Å². The molecule has 0 aliphatic rings. The second kappa shape index (κ2) is 55.6. The van der Waals surface area contributed by atoms with Gasteiger partial charge in [0, 0.05) is 76.0 Å². The van der Waals surface area contributed by atoms with E-state index in [0.717, 1.165) is 5.52 Å². The van der Waals surface area contributed by atoms with Gasteiger partial charge in [0.05, 0.1) is 31.8 Å². The van der Waals surface area contributed by atoms with Gasteiger partial charge in [0.15, 0.2) is 63.7 Å². The highest BCUT2D eigenvalue weighted by Crippen LogP contribution is 2.27. The Labute approximate surface area is 486 Å². The SMILES string of the molecule is CC.CC.CC.CC.CC.CC.CC.CC.C[n+]1ccc2ccccc2c1.C[n+]1ccc2ccccc2n1.C[n+]1ccccc1.C[n+]1ccccn1.C[n+]1cccnc1.C[n+]1ccncc1.Cn1c2ccccc2c2ccccc21. The van der Waals surface area contributed by atoms with Crippen molar-refractivity contribution in [2.24, 2.45) is 49.3 Å². The fourth-order valence-corrected chi connectivity index (χ4v) is 6.15. The van der Waals surface area contributed by atoms with E-state index in [1.165, 1.54) is 38.0 Å². The van der Waals surface area contributed by atoms with Crippen molar-refractivity contribution in [3.63, 3.8) is 0 Å². The average Bonchev–Trinajstić information content (AvgIpc) is 3.83. The Hall–Kier alpha value is -8.18. The molecule has 4 aromatic carbocycles. The monoisotopic (exact) mass is 1090 g/mol. The van der Waals surface area contributed by atoms with Crippen LogP contribution in [-0.2, 0) is 49.3 Å². The number of rotatable bonds is 0. The van der Waals surface area contributed by atoms with Gasteiger partial charge >= 0.3 is 0 Å². The van der Waals surface area contributed by atoms with E-state index in [4.69, 9.17) is 0 Å². The second-order valence-corrected chi connectivity index (χ2v) is 14.6. The topological polar surface area (TPSA) is 79.8 Å². The highest BCUT2D eigenvalue weighted by Gasteiger charge is 2.05. The summed E-state index contributed by atoms with van der Waals surface area (Å²) in [6.45, 7) is 32.0. The molecule has 7 aromatic heterocycles. The van der Waals surface area contributed by atoms with Crippen LogP contribution in [0, 0.1) is 0 Å². The molecule has 0 aliphatic heterocycles. The van der Waals surface area contributed by atoms with Crippen LogP contribution in [0.15, 0.2) is 232 Å². The van der Waals surface area contributed by atoms with Gasteiger partial charge in [0.2, 0.25) is 0 Å². The van der Waals surface area contributed by atoms with Crippen molar-refractivity contribution in [2.75, 3.05) is 0 Å². The van der Waals surface area contributed by atoms with Crippen LogP contribution >= 0.6 is 0 Å². The zero-order valence-electron chi connectivity index (χ0n) is 53.9. The molecule has 0 unspecified atom stereocenters. The molecular formula is C69H107N11+6. The zero-order valence-corrected chi connectivity index (χ0v) is 53.9. The number of nitrogens with zero attached hydrogens (tertiary/aromatic N) is 11. The molecule has 0 spiro atoms. The van der Waals surface area contributed by atoms with Gasteiger partial charge in [-0.15, -0.1) is 0 Å². The molecule has 432 valence electrons. The lowest BCUT2D eigenvalue weighted by Gasteiger charge is -1.95. The molecule has 0 saturated carbocycles. The van der Waals surface area contributed by atoms with Crippen LogP contribution < -0.4 is 27.6 Å². The maximum absolute atomic E-state index is 4.29. The molecular weight excluding hydrogens is 983 g/mol. The van der Waals surface area contributed by atoms with Gasteiger partial charge in [-0.3, -0.25) is 4.98 Å². The van der Waals surface area contributed by atoms with E-state index in [0.29, 0.717) is 0 Å². The Kier molecular flexibility index (Phi) is 54.4. The van der Waals surface area contributed by atoms with Crippen molar-refractivity contribution in [1.82, 2.24) is 24.7 Å². The van der Waals surface area contributed by atoms with E-state index in [2.05, 4.69) is 140 Å². The Balaban J connectivity index is -0.000000409. The van der Waals surface area contributed by atoms with Crippen LogP contribution in [0.25, 0.3) is 43.5 Å². The first-order valence-corrected chi connectivity index (χ1v) is 28.8. The number of benzene rings is 4. The maximum atomic E-state index is 4.29. The lowest BCUT2D eigenvalue weighted by Crippen LogP contribution is -2.31. The number of aromatic nitrogens is 11. The summed E-state index contributed by atoms with van der Waals surface area (Å²) in [5, 5.41) is 14.6. The predicted octanol–water partition coefficient (Wildman–Crippen LogP) is 14.5. The largest absolute Gasteiger partial charge is 0.344 e. The first-order valence-electron chi connectivity index (χ1n) is 28.8. The third-order valence-corrected chi connectivity index (χ3v) is 9.45. The summed E-state index contributed by atoms with van der Waals surface area (Å²) in [4.78, 5) is 7.67. The number of hydrogen-bond acceptors (Lipinski definition) is 4. The smallest absolute Gasteiger partial charge is 0.285 e. The summed E-state index contributed by atoms with van der Waals surface area (Å²) in [5.41, 5.74) is 3.64. The van der Waals surface area contributed by atoms with Crippen molar-refractivity contribution in [1.29, 1.82) is 0 Å². The quantitative estimate of drug-likeness (QED) is 0.142. The Morgan fingerprint density at radius 3 is 1.18 bits per heavy atom. The molecule has 0 aliphatic carbocycles. The molecule has 11 nitrogen and oxygen atoms in total. The standard InChI is InChI=1S/C13H11N.C10H10N.C9H9N2.C6H8N.3C5H7N2.8C2H6/c1-14-12-8-4-2-6-10(12)11-7-3-5-9-13(11)14;1-11-7-6-9-4-2-3-5-10(9)8-11;1-11-7-6-8-4-2-3-5-9(8)10-11;1-7-5-3-2-4-6-7;1-7-4-2-6-3-5-7;1-7-4-2-3-6-5-7;1-7-5-3-2-4-6-7;8*1-2/h2-9H,1H3;2-8H,1H3;2-7H,1H3;2-6H,1H3;3*2-5H,1H3;8*1-2H3/q;6*+1;;;;;;;;. The minimum absolute atomic E-state index is 1.04. The number of aryl methyl sites for hydroxylation is 7. The molecule has 80 heavy (non-hydrogen) atoms. The van der Waals surface area contributed by atoms with Gasteiger partial charge < -0.3 is 4.57 Å². The minimum atomic E-state index is 1.04. The summed E-state index contributed by atoms with van der Waals surface area (Å²) >= 11 is 0. The molecule has 11 aromatic rings. The van der Waals surface area contributed by atoms with Gasteiger partial charge in [-0.2, -0.15) is 0 Å². The Morgan fingerprint density at radius 2 is 0.762 bits per heavy atom. The predicted molar refractivity (Wildman–Crippen MR) is 343 cm³/mol. The lowest BCUT2D eigenvalue weighted by atomic mass is 10.2. The van der Waals surface area contributed by atoms with Gasteiger partial charge in [-0.1, -0.05) is 204 Å². The molecule has 0 radical (unpaired) electrons. The average molecular weight is 1090 g/mol. The zero-order chi connectivity index (χ0) is 61.4. The highest BCUT2D eigenvalue weighted by atomic mass is 15.2. The van der Waals surface area contributed by atoms with E-state index in [1.807, 2.05) is 269 Å². The molecule has 0 fully saturated rings. The summed E-state index contributed by atoms with van der Waals surface area (Å²) < 4.78 is 13.7. The van der Waals surface area contributed by atoms with Crippen LogP contribution in [0.4, 0.5) is 0 Å². The van der Waals surface area contributed by atoms with Gasteiger partial charge in [0.25, 0.3) is 6.33 Å².